The van der Waals surface area contributed by atoms with Gasteiger partial charge in [0.25, 0.3) is 6.01 Å². The lowest BCUT2D eigenvalue weighted by Gasteiger charge is -2.28. The molecule has 3 N–H and O–H groups in total. The normalized spacial score (nSPS) is 18.2. The molecule has 20 heavy (non-hydrogen) atoms. The molecule has 1 unspecified atom stereocenters. The summed E-state index contributed by atoms with van der Waals surface area (Å²) < 4.78 is 5.55. The van der Waals surface area contributed by atoms with Crippen molar-refractivity contribution in [1.82, 2.24) is 15.2 Å². The third-order valence-corrected chi connectivity index (χ3v) is 3.46. The van der Waals surface area contributed by atoms with Crippen LogP contribution in [0.5, 0.6) is 0 Å². The average molecular weight is 276 g/mol. The van der Waals surface area contributed by atoms with Gasteiger partial charge >= 0.3 is 0 Å². The number of hydrogen-bond donors (Lipinski definition) is 3. The van der Waals surface area contributed by atoms with E-state index < -0.39 is 6.10 Å². The first kappa shape index (κ1) is 13.4. The van der Waals surface area contributed by atoms with E-state index in [9.17, 15) is 5.11 Å². The smallest absolute Gasteiger partial charge is 0.295 e. The second kappa shape index (κ2) is 6.21. The van der Waals surface area contributed by atoms with Crippen LogP contribution in [-0.4, -0.2) is 60.4 Å². The molecule has 1 saturated heterocycles. The fraction of sp³-hybridized carbons (Fsp3) is 0.500. The largest absolute Gasteiger partial charge is 0.424 e. The molecule has 108 valence electrons. The Hall–Kier alpha value is -1.63. The fourth-order valence-electron chi connectivity index (χ4n) is 2.41. The molecule has 0 bridgehead atoms. The zero-order chi connectivity index (χ0) is 13.8. The van der Waals surface area contributed by atoms with Crippen molar-refractivity contribution in [3.05, 3.63) is 24.3 Å². The number of nitrogens with zero attached hydrogens (tertiary/aromatic N) is 2. The molecule has 3 rings (SSSR count). The van der Waals surface area contributed by atoms with Gasteiger partial charge in [-0.3, -0.25) is 4.90 Å². The quantitative estimate of drug-likeness (QED) is 0.739. The van der Waals surface area contributed by atoms with Crippen LogP contribution in [0.25, 0.3) is 11.1 Å². The summed E-state index contributed by atoms with van der Waals surface area (Å²) in [6.07, 6.45) is -0.428. The van der Waals surface area contributed by atoms with Crippen molar-refractivity contribution in [2.24, 2.45) is 0 Å². The molecule has 6 heteroatoms. The second-order valence-electron chi connectivity index (χ2n) is 5.07. The molecular formula is C14H20N4O2. The number of hydrogen-bond acceptors (Lipinski definition) is 6. The SMILES string of the molecule is OC(CNc1nc2ccccc2o1)CN1CCNCC1. The molecule has 0 aliphatic carbocycles. The van der Waals surface area contributed by atoms with Crippen molar-refractivity contribution in [1.29, 1.82) is 0 Å². The molecule has 0 radical (unpaired) electrons. The van der Waals surface area contributed by atoms with Crippen LogP contribution in [-0.2, 0) is 0 Å². The minimum atomic E-state index is -0.428. The number of fused-ring (bicyclic) bond motifs is 1. The van der Waals surface area contributed by atoms with Crippen LogP contribution in [0.3, 0.4) is 0 Å². The zero-order valence-electron chi connectivity index (χ0n) is 11.4. The van der Waals surface area contributed by atoms with Gasteiger partial charge in [0.2, 0.25) is 0 Å². The number of para-hydroxylation sites is 2. The van der Waals surface area contributed by atoms with E-state index in [0.29, 0.717) is 19.1 Å². The van der Waals surface area contributed by atoms with E-state index in [2.05, 4.69) is 20.5 Å². The van der Waals surface area contributed by atoms with E-state index in [1.807, 2.05) is 24.3 Å². The van der Waals surface area contributed by atoms with Gasteiger partial charge in [-0.15, -0.1) is 0 Å². The zero-order valence-corrected chi connectivity index (χ0v) is 11.4. The van der Waals surface area contributed by atoms with Crippen LogP contribution in [0.4, 0.5) is 6.01 Å². The van der Waals surface area contributed by atoms with E-state index in [4.69, 9.17) is 4.42 Å². The number of aromatic nitrogens is 1. The highest BCUT2D eigenvalue weighted by Gasteiger charge is 2.14. The molecule has 6 nitrogen and oxygen atoms in total. The van der Waals surface area contributed by atoms with Gasteiger partial charge in [0.05, 0.1) is 6.10 Å². The Kier molecular flexibility index (Phi) is 4.15. The highest BCUT2D eigenvalue weighted by Crippen LogP contribution is 2.17. The van der Waals surface area contributed by atoms with Crippen LogP contribution in [0, 0.1) is 0 Å². The van der Waals surface area contributed by atoms with Crippen LogP contribution in [0.15, 0.2) is 28.7 Å². The Morgan fingerprint density at radius 2 is 2.15 bits per heavy atom. The van der Waals surface area contributed by atoms with Crippen LogP contribution in [0.2, 0.25) is 0 Å². The van der Waals surface area contributed by atoms with E-state index >= 15 is 0 Å². The maximum atomic E-state index is 10.0. The number of piperazine rings is 1. The number of β-amino-alcohol motifs (C(OH)–C–C–N with tert-alkyl or cyclic N) is 1. The first-order valence-corrected chi connectivity index (χ1v) is 7.02. The van der Waals surface area contributed by atoms with E-state index in [-0.39, 0.29) is 0 Å². The van der Waals surface area contributed by atoms with Crippen LogP contribution in [0.1, 0.15) is 0 Å². The monoisotopic (exact) mass is 276 g/mol. The summed E-state index contributed by atoms with van der Waals surface area (Å²) in [5.74, 6) is 0. The molecule has 0 amide bonds. The second-order valence-corrected chi connectivity index (χ2v) is 5.07. The lowest BCUT2D eigenvalue weighted by Crippen LogP contribution is -2.47. The van der Waals surface area contributed by atoms with Crippen molar-refractivity contribution >= 4 is 17.1 Å². The molecular weight excluding hydrogens is 256 g/mol. The lowest BCUT2D eigenvalue weighted by atomic mass is 10.3. The molecule has 1 aromatic heterocycles. The molecule has 1 aliphatic rings. The summed E-state index contributed by atoms with van der Waals surface area (Å²) in [7, 11) is 0. The third kappa shape index (κ3) is 3.27. The number of rotatable bonds is 5. The standard InChI is InChI=1S/C14H20N4O2/c19-11(10-18-7-5-15-6-8-18)9-16-14-17-12-3-1-2-4-13(12)20-14/h1-4,11,15,19H,5-10H2,(H,16,17). The number of oxazole rings is 1. The van der Waals surface area contributed by atoms with Crippen molar-refractivity contribution in [2.45, 2.75) is 6.10 Å². The first-order valence-electron chi connectivity index (χ1n) is 7.02. The maximum Gasteiger partial charge on any atom is 0.295 e. The van der Waals surface area contributed by atoms with Crippen molar-refractivity contribution < 1.29 is 9.52 Å². The molecule has 0 saturated carbocycles. The Balaban J connectivity index is 1.50. The molecule has 1 fully saturated rings. The molecule has 1 aromatic carbocycles. The molecule has 1 aliphatic heterocycles. The highest BCUT2D eigenvalue weighted by molar-refractivity contribution is 5.74. The lowest BCUT2D eigenvalue weighted by molar-refractivity contribution is 0.113. The minimum absolute atomic E-state index is 0.428. The van der Waals surface area contributed by atoms with Gasteiger partial charge in [-0.05, 0) is 12.1 Å². The van der Waals surface area contributed by atoms with E-state index in [1.54, 1.807) is 0 Å². The summed E-state index contributed by atoms with van der Waals surface area (Å²) in [5, 5.41) is 16.4. The third-order valence-electron chi connectivity index (χ3n) is 3.46. The molecule has 1 atom stereocenters. The van der Waals surface area contributed by atoms with Crippen LogP contribution < -0.4 is 10.6 Å². The predicted molar refractivity (Wildman–Crippen MR) is 77.8 cm³/mol. The Labute approximate surface area is 117 Å². The van der Waals surface area contributed by atoms with E-state index in [0.717, 1.165) is 37.3 Å². The van der Waals surface area contributed by atoms with Gasteiger partial charge < -0.3 is 20.2 Å². The Morgan fingerprint density at radius 3 is 2.95 bits per heavy atom. The summed E-state index contributed by atoms with van der Waals surface area (Å²) >= 11 is 0. The summed E-state index contributed by atoms with van der Waals surface area (Å²) in [4.78, 5) is 6.58. The maximum absolute atomic E-state index is 10.0. The van der Waals surface area contributed by atoms with Crippen molar-refractivity contribution in [3.8, 4) is 0 Å². The van der Waals surface area contributed by atoms with Gasteiger partial charge in [0.15, 0.2) is 5.58 Å². The van der Waals surface area contributed by atoms with Crippen LogP contribution >= 0.6 is 0 Å². The summed E-state index contributed by atoms with van der Waals surface area (Å²) in [6, 6.07) is 8.08. The summed E-state index contributed by atoms with van der Waals surface area (Å²) in [6.45, 7) is 5.07. The highest BCUT2D eigenvalue weighted by atomic mass is 16.4. The minimum Gasteiger partial charge on any atom is -0.424 e. The van der Waals surface area contributed by atoms with Gasteiger partial charge in [-0.2, -0.15) is 4.98 Å². The Morgan fingerprint density at radius 1 is 1.35 bits per heavy atom. The molecule has 0 spiro atoms. The van der Waals surface area contributed by atoms with Gasteiger partial charge in [-0.1, -0.05) is 12.1 Å². The first-order chi connectivity index (χ1) is 9.81. The summed E-state index contributed by atoms with van der Waals surface area (Å²) in [5.41, 5.74) is 1.58. The van der Waals surface area contributed by atoms with Crippen molar-refractivity contribution in [2.75, 3.05) is 44.6 Å². The van der Waals surface area contributed by atoms with E-state index in [1.165, 1.54) is 0 Å². The number of aliphatic hydroxyl groups is 1. The molecule has 2 heterocycles. The number of anilines is 1. The topological polar surface area (TPSA) is 73.6 Å². The number of benzene rings is 1. The number of aliphatic hydroxyl groups excluding tert-OH is 1. The van der Waals surface area contributed by atoms with Gasteiger partial charge in [-0.25, -0.2) is 0 Å². The molecule has 2 aromatic rings. The fourth-order valence-corrected chi connectivity index (χ4v) is 2.41. The average Bonchev–Trinajstić information content (AvgIpc) is 2.89. The number of nitrogens with one attached hydrogen (secondary N) is 2. The van der Waals surface area contributed by atoms with Crippen molar-refractivity contribution in [3.63, 3.8) is 0 Å². The van der Waals surface area contributed by atoms with Gasteiger partial charge in [0.1, 0.15) is 5.52 Å². The Bertz CT molecular complexity index is 518. The van der Waals surface area contributed by atoms with Gasteiger partial charge in [0, 0.05) is 39.3 Å². The predicted octanol–water partition coefficient (Wildman–Crippen LogP) is 0.506.